The first-order valence-electron chi connectivity index (χ1n) is 25.4. The Morgan fingerprint density at radius 3 is 1.06 bits per heavy atom. The summed E-state index contributed by atoms with van der Waals surface area (Å²) in [7, 11) is 0. The van der Waals surface area contributed by atoms with E-state index in [1.165, 1.54) is 57.8 Å². The van der Waals surface area contributed by atoms with Crippen LogP contribution in [0.3, 0.4) is 0 Å². The molecule has 0 bridgehead atoms. The molecule has 0 saturated heterocycles. The number of hydrogen-bond acceptors (Lipinski definition) is 6. The third kappa shape index (κ3) is 49.0. The second-order valence-corrected chi connectivity index (χ2v) is 16.3. The number of rotatable bonds is 44. The van der Waals surface area contributed by atoms with Gasteiger partial charge in [-0.1, -0.05) is 182 Å². The van der Waals surface area contributed by atoms with Crippen LogP contribution in [0.25, 0.3) is 0 Å². The number of carbonyl (C=O) groups excluding carboxylic acids is 3. The average Bonchev–Trinajstić information content (AvgIpc) is 3.28. The van der Waals surface area contributed by atoms with Crippen LogP contribution in [-0.2, 0) is 28.6 Å². The van der Waals surface area contributed by atoms with Crippen LogP contribution in [0.1, 0.15) is 213 Å². The maximum absolute atomic E-state index is 12.8. The summed E-state index contributed by atoms with van der Waals surface area (Å²) in [6.45, 7) is 6.37. The molecule has 0 amide bonds. The largest absolute Gasteiger partial charge is 0.462 e. The maximum Gasteiger partial charge on any atom is 0.306 e. The fraction of sp³-hybridized carbons (Fsp3) is 0.632. The minimum Gasteiger partial charge on any atom is -0.462 e. The minimum absolute atomic E-state index is 0.115. The summed E-state index contributed by atoms with van der Waals surface area (Å²) in [4.78, 5) is 37.9. The van der Waals surface area contributed by atoms with Gasteiger partial charge in [-0.25, -0.2) is 0 Å². The van der Waals surface area contributed by atoms with Crippen molar-refractivity contribution >= 4 is 17.9 Å². The molecule has 6 heteroatoms. The standard InChI is InChI=1S/C57H92O6/c1-4-7-10-13-16-19-22-25-27-29-31-32-35-38-41-44-47-50-56(59)62-53-54(52-61-55(58)49-46-43-40-37-34-24-21-18-15-12-9-6-3)63-57(60)51-48-45-42-39-36-33-30-28-26-23-20-17-14-11-8-5-2/h8,11,16-21,25-28,31-33,36,38,41,54H,4-7,9-10,12-15,22-24,29-30,34-35,37,39-40,42-53H2,1-3H3/b11-8-,19-16-,20-17-,21-18-,27-25-,28-26-,32-31-,36-33-,41-38-. The molecule has 0 aliphatic heterocycles. The molecule has 1 atom stereocenters. The highest BCUT2D eigenvalue weighted by Gasteiger charge is 2.19. The van der Waals surface area contributed by atoms with Crippen molar-refractivity contribution in [3.63, 3.8) is 0 Å². The van der Waals surface area contributed by atoms with E-state index in [2.05, 4.69) is 130 Å². The first kappa shape index (κ1) is 59.1. The first-order chi connectivity index (χ1) is 31.0. The lowest BCUT2D eigenvalue weighted by Crippen LogP contribution is -2.30. The van der Waals surface area contributed by atoms with Gasteiger partial charge in [-0.15, -0.1) is 0 Å². The van der Waals surface area contributed by atoms with E-state index in [1.54, 1.807) is 0 Å². The zero-order valence-electron chi connectivity index (χ0n) is 40.5. The summed E-state index contributed by atoms with van der Waals surface area (Å²) in [5.41, 5.74) is 0. The van der Waals surface area contributed by atoms with Crippen LogP contribution in [0.5, 0.6) is 0 Å². The van der Waals surface area contributed by atoms with Crippen LogP contribution in [0.4, 0.5) is 0 Å². The normalized spacial score (nSPS) is 13.0. The molecule has 0 aromatic rings. The quantitative estimate of drug-likeness (QED) is 0.0263. The molecular formula is C57H92O6. The number of carbonyl (C=O) groups is 3. The molecule has 356 valence electrons. The SMILES string of the molecule is CC/C=C\C/C=C\C/C=C\C/C=C\CCCCCC(=O)OC(COC(=O)CCC/C=C\C/C=C\C/C=C\C/C=C\CCCCC)COC(=O)CCCCCCC/C=C\CCCCC. The Bertz CT molecular complexity index is 1330. The molecular weight excluding hydrogens is 781 g/mol. The monoisotopic (exact) mass is 873 g/mol. The van der Waals surface area contributed by atoms with Gasteiger partial charge in [0, 0.05) is 19.3 Å². The lowest BCUT2D eigenvalue weighted by atomic mass is 10.1. The molecule has 6 nitrogen and oxygen atoms in total. The van der Waals surface area contributed by atoms with Crippen LogP contribution < -0.4 is 0 Å². The Balaban J connectivity index is 4.56. The number of allylic oxidation sites excluding steroid dienone is 18. The zero-order chi connectivity index (χ0) is 45.8. The lowest BCUT2D eigenvalue weighted by molar-refractivity contribution is -0.167. The molecule has 0 radical (unpaired) electrons. The van der Waals surface area contributed by atoms with Gasteiger partial charge in [0.2, 0.25) is 0 Å². The van der Waals surface area contributed by atoms with Crippen LogP contribution >= 0.6 is 0 Å². The number of hydrogen-bond donors (Lipinski definition) is 0. The van der Waals surface area contributed by atoms with Gasteiger partial charge in [0.1, 0.15) is 13.2 Å². The molecule has 0 aliphatic carbocycles. The van der Waals surface area contributed by atoms with Gasteiger partial charge in [0.25, 0.3) is 0 Å². The van der Waals surface area contributed by atoms with Gasteiger partial charge in [0.05, 0.1) is 0 Å². The molecule has 0 rings (SSSR count). The zero-order valence-corrected chi connectivity index (χ0v) is 40.5. The van der Waals surface area contributed by atoms with E-state index in [4.69, 9.17) is 14.2 Å². The predicted octanol–water partition coefficient (Wildman–Crippen LogP) is 16.8. The summed E-state index contributed by atoms with van der Waals surface area (Å²) in [5, 5.41) is 0. The Kier molecular flexibility index (Phi) is 47.5. The Labute approximate surface area is 387 Å². The lowest BCUT2D eigenvalue weighted by Gasteiger charge is -2.18. The molecule has 0 aromatic heterocycles. The van der Waals surface area contributed by atoms with E-state index in [1.807, 2.05) is 0 Å². The average molecular weight is 873 g/mol. The molecule has 0 spiro atoms. The highest BCUT2D eigenvalue weighted by molar-refractivity contribution is 5.71. The van der Waals surface area contributed by atoms with Crippen molar-refractivity contribution in [1.82, 2.24) is 0 Å². The molecule has 63 heavy (non-hydrogen) atoms. The van der Waals surface area contributed by atoms with E-state index < -0.39 is 6.10 Å². The Morgan fingerprint density at radius 1 is 0.333 bits per heavy atom. The van der Waals surface area contributed by atoms with Crippen molar-refractivity contribution in [3.8, 4) is 0 Å². The highest BCUT2D eigenvalue weighted by Crippen LogP contribution is 2.12. The second-order valence-electron chi connectivity index (χ2n) is 16.3. The van der Waals surface area contributed by atoms with E-state index in [9.17, 15) is 14.4 Å². The van der Waals surface area contributed by atoms with Crippen molar-refractivity contribution in [2.24, 2.45) is 0 Å². The van der Waals surface area contributed by atoms with Gasteiger partial charge >= 0.3 is 17.9 Å². The van der Waals surface area contributed by atoms with Crippen molar-refractivity contribution < 1.29 is 28.6 Å². The van der Waals surface area contributed by atoms with E-state index >= 15 is 0 Å². The smallest absolute Gasteiger partial charge is 0.306 e. The van der Waals surface area contributed by atoms with Crippen LogP contribution in [0, 0.1) is 0 Å². The third-order valence-electron chi connectivity index (χ3n) is 10.2. The Morgan fingerprint density at radius 2 is 0.635 bits per heavy atom. The topological polar surface area (TPSA) is 78.9 Å². The van der Waals surface area contributed by atoms with Gasteiger partial charge < -0.3 is 14.2 Å². The summed E-state index contributed by atoms with van der Waals surface area (Å²) in [5.74, 6) is -1.02. The predicted molar refractivity (Wildman–Crippen MR) is 270 cm³/mol. The summed E-state index contributed by atoms with van der Waals surface area (Å²) < 4.78 is 16.7. The summed E-state index contributed by atoms with van der Waals surface area (Å²) in [6, 6.07) is 0. The van der Waals surface area contributed by atoms with E-state index in [0.717, 1.165) is 103 Å². The third-order valence-corrected chi connectivity index (χ3v) is 10.2. The molecule has 1 unspecified atom stereocenters. The number of unbranched alkanes of at least 4 members (excludes halogenated alkanes) is 15. The molecule has 0 fully saturated rings. The summed E-state index contributed by atoms with van der Waals surface area (Å²) in [6.07, 6.45) is 67.9. The van der Waals surface area contributed by atoms with Crippen LogP contribution in [0.15, 0.2) is 109 Å². The van der Waals surface area contributed by atoms with Gasteiger partial charge in [-0.05, 0) is 122 Å². The van der Waals surface area contributed by atoms with E-state index in [-0.39, 0.29) is 44.0 Å². The fourth-order valence-corrected chi connectivity index (χ4v) is 6.42. The maximum atomic E-state index is 12.8. The van der Waals surface area contributed by atoms with Crippen molar-refractivity contribution in [2.45, 2.75) is 219 Å². The number of esters is 3. The first-order valence-corrected chi connectivity index (χ1v) is 25.4. The molecule has 0 aromatic carbocycles. The van der Waals surface area contributed by atoms with Gasteiger partial charge in [-0.2, -0.15) is 0 Å². The molecule has 0 saturated carbocycles. The van der Waals surface area contributed by atoms with Gasteiger partial charge in [0.15, 0.2) is 6.10 Å². The molecule has 0 heterocycles. The number of ether oxygens (including phenoxy) is 3. The van der Waals surface area contributed by atoms with Gasteiger partial charge in [-0.3, -0.25) is 14.4 Å². The van der Waals surface area contributed by atoms with Crippen LogP contribution in [-0.4, -0.2) is 37.2 Å². The van der Waals surface area contributed by atoms with E-state index in [0.29, 0.717) is 19.3 Å². The van der Waals surface area contributed by atoms with Crippen molar-refractivity contribution in [3.05, 3.63) is 109 Å². The molecule has 0 aliphatic rings. The Hall–Kier alpha value is -3.93. The van der Waals surface area contributed by atoms with Crippen molar-refractivity contribution in [2.75, 3.05) is 13.2 Å². The highest BCUT2D eigenvalue weighted by atomic mass is 16.6. The molecule has 0 N–H and O–H groups in total. The second kappa shape index (κ2) is 50.7. The fourth-order valence-electron chi connectivity index (χ4n) is 6.42. The minimum atomic E-state index is -0.821. The summed E-state index contributed by atoms with van der Waals surface area (Å²) >= 11 is 0. The van der Waals surface area contributed by atoms with Crippen molar-refractivity contribution in [1.29, 1.82) is 0 Å². The van der Waals surface area contributed by atoms with Crippen LogP contribution in [0.2, 0.25) is 0 Å².